The fourth-order valence-corrected chi connectivity index (χ4v) is 1.93. The molecule has 5 nitrogen and oxygen atoms in total. The van der Waals surface area contributed by atoms with Crippen molar-refractivity contribution in [3.05, 3.63) is 35.4 Å². The summed E-state index contributed by atoms with van der Waals surface area (Å²) in [5.41, 5.74) is -0.0985. The van der Waals surface area contributed by atoms with Crippen molar-refractivity contribution < 1.29 is 24.5 Å². The number of carboxylic acids is 1. The van der Waals surface area contributed by atoms with Gasteiger partial charge >= 0.3 is 11.9 Å². The molecule has 1 N–H and O–H groups in total. The molecule has 21 heavy (non-hydrogen) atoms. The van der Waals surface area contributed by atoms with E-state index >= 15 is 0 Å². The number of carbonyl (C=O) groups excluding carboxylic acids is 1. The Kier molecular flexibility index (Phi) is 8.12. The molecular formula is C16H22O5. The van der Waals surface area contributed by atoms with Gasteiger partial charge in [-0.3, -0.25) is 4.89 Å². The van der Waals surface area contributed by atoms with Crippen molar-refractivity contribution >= 4 is 11.9 Å². The Morgan fingerprint density at radius 2 is 1.62 bits per heavy atom. The van der Waals surface area contributed by atoms with E-state index in [4.69, 9.17) is 9.99 Å². The van der Waals surface area contributed by atoms with Crippen LogP contribution in [-0.4, -0.2) is 23.7 Å². The molecule has 0 bridgehead atoms. The molecule has 0 saturated heterocycles. The molecule has 0 unspecified atom stereocenters. The maximum Gasteiger partial charge on any atom is 0.373 e. The molecule has 0 aliphatic heterocycles. The van der Waals surface area contributed by atoms with Crippen LogP contribution in [0.15, 0.2) is 24.3 Å². The van der Waals surface area contributed by atoms with Gasteiger partial charge in [-0.15, -0.1) is 0 Å². The van der Waals surface area contributed by atoms with E-state index in [1.165, 1.54) is 31.4 Å². The number of hydrogen-bond acceptors (Lipinski definition) is 4. The Labute approximate surface area is 124 Å². The maximum atomic E-state index is 11.7. The van der Waals surface area contributed by atoms with Crippen molar-refractivity contribution in [1.29, 1.82) is 0 Å². The van der Waals surface area contributed by atoms with E-state index in [1.54, 1.807) is 12.1 Å². The molecule has 5 heteroatoms. The Hall–Kier alpha value is -1.88. The van der Waals surface area contributed by atoms with Crippen LogP contribution in [-0.2, 0) is 9.78 Å². The number of rotatable bonds is 10. The first-order chi connectivity index (χ1) is 10.2. The van der Waals surface area contributed by atoms with Crippen molar-refractivity contribution in [3.8, 4) is 0 Å². The van der Waals surface area contributed by atoms with Crippen molar-refractivity contribution in [1.82, 2.24) is 0 Å². The molecule has 0 saturated carbocycles. The van der Waals surface area contributed by atoms with Gasteiger partial charge in [-0.2, -0.15) is 4.89 Å². The molecule has 1 aromatic carbocycles. The number of unbranched alkanes of at least 4 members (excludes halogenated alkanes) is 5. The standard InChI is InChI=1S/C16H22O5/c1-2-3-4-5-6-9-12-20-21-16(19)14-11-8-7-10-13(14)15(17)18/h7-8,10-11H,2-6,9,12H2,1H3,(H,17,18). The quantitative estimate of drug-likeness (QED) is 0.403. The molecule has 0 fully saturated rings. The average Bonchev–Trinajstić information content (AvgIpc) is 2.49. The highest BCUT2D eigenvalue weighted by atomic mass is 17.2. The predicted octanol–water partition coefficient (Wildman–Crippen LogP) is 3.83. The number of aromatic carboxylic acids is 1. The lowest BCUT2D eigenvalue weighted by atomic mass is 10.1. The van der Waals surface area contributed by atoms with Crippen molar-refractivity contribution in [3.63, 3.8) is 0 Å². The predicted molar refractivity (Wildman–Crippen MR) is 78.1 cm³/mol. The van der Waals surface area contributed by atoms with Crippen LogP contribution < -0.4 is 0 Å². The fraction of sp³-hybridized carbons (Fsp3) is 0.500. The van der Waals surface area contributed by atoms with Crippen LogP contribution in [0.4, 0.5) is 0 Å². The minimum Gasteiger partial charge on any atom is -0.478 e. The largest absolute Gasteiger partial charge is 0.478 e. The van der Waals surface area contributed by atoms with Crippen molar-refractivity contribution in [2.24, 2.45) is 0 Å². The summed E-state index contributed by atoms with van der Waals surface area (Å²) in [6.45, 7) is 2.49. The van der Waals surface area contributed by atoms with Gasteiger partial charge in [-0.1, -0.05) is 51.2 Å². The van der Waals surface area contributed by atoms with E-state index < -0.39 is 11.9 Å². The van der Waals surface area contributed by atoms with Gasteiger partial charge in [0.15, 0.2) is 0 Å². The summed E-state index contributed by atoms with van der Waals surface area (Å²) >= 11 is 0. The second kappa shape index (κ2) is 9.94. The van der Waals surface area contributed by atoms with E-state index in [-0.39, 0.29) is 11.1 Å². The van der Waals surface area contributed by atoms with E-state index in [1.807, 2.05) is 0 Å². The molecule has 1 aromatic rings. The minimum atomic E-state index is -1.17. The Morgan fingerprint density at radius 1 is 1.00 bits per heavy atom. The zero-order chi connectivity index (χ0) is 15.5. The van der Waals surface area contributed by atoms with Crippen LogP contribution in [0.3, 0.4) is 0 Å². The second-order valence-electron chi connectivity index (χ2n) is 4.81. The van der Waals surface area contributed by atoms with Gasteiger partial charge < -0.3 is 5.11 Å². The lowest BCUT2D eigenvalue weighted by Crippen LogP contribution is -2.12. The summed E-state index contributed by atoms with van der Waals surface area (Å²) in [6, 6.07) is 5.89. The zero-order valence-electron chi connectivity index (χ0n) is 12.3. The molecule has 1 rings (SSSR count). The van der Waals surface area contributed by atoms with Gasteiger partial charge in [-0.05, 0) is 18.6 Å². The third kappa shape index (κ3) is 6.40. The first-order valence-electron chi connectivity index (χ1n) is 7.33. The van der Waals surface area contributed by atoms with Crippen LogP contribution in [0.25, 0.3) is 0 Å². The summed E-state index contributed by atoms with van der Waals surface area (Å²) < 4.78 is 0. The highest BCUT2D eigenvalue weighted by Gasteiger charge is 2.17. The van der Waals surface area contributed by atoms with E-state index in [2.05, 4.69) is 11.8 Å². The molecule has 0 amide bonds. The molecule has 0 atom stereocenters. The van der Waals surface area contributed by atoms with Gasteiger partial charge in [0.05, 0.1) is 17.7 Å². The molecule has 116 valence electrons. The van der Waals surface area contributed by atoms with Crippen LogP contribution in [0.1, 0.15) is 66.2 Å². The smallest absolute Gasteiger partial charge is 0.373 e. The molecule has 0 aliphatic carbocycles. The van der Waals surface area contributed by atoms with Crippen LogP contribution in [0.5, 0.6) is 0 Å². The average molecular weight is 294 g/mol. The number of carboxylic acid groups (broad SMARTS) is 1. The Morgan fingerprint density at radius 3 is 2.29 bits per heavy atom. The van der Waals surface area contributed by atoms with Gasteiger partial charge in [-0.25, -0.2) is 9.59 Å². The zero-order valence-corrected chi connectivity index (χ0v) is 12.3. The first kappa shape index (κ1) is 17.2. The van der Waals surface area contributed by atoms with E-state index in [0.717, 1.165) is 19.3 Å². The van der Waals surface area contributed by atoms with Crippen LogP contribution in [0.2, 0.25) is 0 Å². The SMILES string of the molecule is CCCCCCCCOOC(=O)c1ccccc1C(=O)O. The number of carbonyl (C=O) groups is 2. The van der Waals surface area contributed by atoms with Crippen LogP contribution in [0, 0.1) is 0 Å². The van der Waals surface area contributed by atoms with E-state index in [0.29, 0.717) is 6.61 Å². The second-order valence-corrected chi connectivity index (χ2v) is 4.81. The number of benzene rings is 1. The summed E-state index contributed by atoms with van der Waals surface area (Å²) in [6.07, 6.45) is 6.65. The summed E-state index contributed by atoms with van der Waals surface area (Å²) in [4.78, 5) is 32.2. The summed E-state index contributed by atoms with van der Waals surface area (Å²) in [5.74, 6) is -1.95. The van der Waals surface area contributed by atoms with Crippen LogP contribution >= 0.6 is 0 Å². The first-order valence-corrected chi connectivity index (χ1v) is 7.33. The highest BCUT2D eigenvalue weighted by molar-refractivity contribution is 6.02. The maximum absolute atomic E-state index is 11.7. The van der Waals surface area contributed by atoms with Gasteiger partial charge in [0.1, 0.15) is 0 Å². The lowest BCUT2D eigenvalue weighted by molar-refractivity contribution is -0.241. The third-order valence-electron chi connectivity index (χ3n) is 3.09. The summed E-state index contributed by atoms with van der Waals surface area (Å²) in [7, 11) is 0. The molecule has 0 heterocycles. The normalized spacial score (nSPS) is 10.3. The highest BCUT2D eigenvalue weighted by Crippen LogP contribution is 2.11. The fourth-order valence-electron chi connectivity index (χ4n) is 1.93. The monoisotopic (exact) mass is 294 g/mol. The third-order valence-corrected chi connectivity index (χ3v) is 3.09. The molecule has 0 aromatic heterocycles. The lowest BCUT2D eigenvalue weighted by Gasteiger charge is -2.06. The van der Waals surface area contributed by atoms with Gasteiger partial charge in [0.2, 0.25) is 0 Å². The van der Waals surface area contributed by atoms with Gasteiger partial charge in [0.25, 0.3) is 0 Å². The van der Waals surface area contributed by atoms with Crippen molar-refractivity contribution in [2.75, 3.05) is 6.61 Å². The Balaban J connectivity index is 2.27. The van der Waals surface area contributed by atoms with E-state index in [9.17, 15) is 9.59 Å². The van der Waals surface area contributed by atoms with Crippen molar-refractivity contribution in [2.45, 2.75) is 45.4 Å². The minimum absolute atomic E-state index is 0.00653. The molecular weight excluding hydrogens is 272 g/mol. The molecule has 0 aliphatic rings. The molecule has 0 radical (unpaired) electrons. The molecule has 0 spiro atoms. The Bertz CT molecular complexity index is 456. The topological polar surface area (TPSA) is 72.8 Å². The van der Waals surface area contributed by atoms with Gasteiger partial charge in [0, 0.05) is 0 Å². The summed E-state index contributed by atoms with van der Waals surface area (Å²) in [5, 5.41) is 8.98. The number of hydrogen-bond donors (Lipinski definition) is 1.